The zero-order valence-electron chi connectivity index (χ0n) is 36.2. The van der Waals surface area contributed by atoms with Crippen molar-refractivity contribution in [3.8, 4) is 0 Å². The lowest BCUT2D eigenvalue weighted by molar-refractivity contribution is -0.154. The largest absolute Gasteiger partial charge is 0.472 e. The molecule has 0 saturated heterocycles. The van der Waals surface area contributed by atoms with Crippen LogP contribution in [0, 0.1) is 0 Å². The van der Waals surface area contributed by atoms with Crippen LogP contribution in [-0.2, 0) is 27.9 Å². The highest BCUT2D eigenvalue weighted by atomic mass is 31.2. The van der Waals surface area contributed by atoms with Gasteiger partial charge in [-0.25, -0.2) is 4.57 Å². The van der Waals surface area contributed by atoms with Gasteiger partial charge in [0.15, 0.2) is 0 Å². The quantitative estimate of drug-likeness (QED) is 0.0271. The Hall–Kier alpha value is -1.02. The van der Waals surface area contributed by atoms with Crippen LogP contribution >= 0.6 is 7.82 Å². The topological polar surface area (TPSA) is 117 Å². The molecule has 0 bridgehead atoms. The monoisotopic (exact) mass is 800 g/mol. The van der Waals surface area contributed by atoms with Crippen LogP contribution in [0.1, 0.15) is 226 Å². The summed E-state index contributed by atoms with van der Waals surface area (Å²) in [7, 11) is -4.27. The average molecular weight is 800 g/mol. The van der Waals surface area contributed by atoms with Crippen LogP contribution in [0.15, 0.2) is 24.3 Å². The van der Waals surface area contributed by atoms with Crippen LogP contribution in [0.5, 0.6) is 0 Å². The molecule has 0 saturated carbocycles. The van der Waals surface area contributed by atoms with E-state index in [0.29, 0.717) is 13.0 Å². The summed E-state index contributed by atoms with van der Waals surface area (Å²) in [6.07, 6.45) is 49.2. The Morgan fingerprint density at radius 3 is 1.42 bits per heavy atom. The zero-order valence-corrected chi connectivity index (χ0v) is 37.1. The third kappa shape index (κ3) is 43.9. The zero-order chi connectivity index (χ0) is 40.2. The minimum atomic E-state index is -4.27. The summed E-state index contributed by atoms with van der Waals surface area (Å²) < 4.78 is 33.4. The van der Waals surface area contributed by atoms with Crippen molar-refractivity contribution in [3.63, 3.8) is 0 Å². The van der Waals surface area contributed by atoms with Crippen molar-refractivity contribution >= 4 is 13.8 Å². The van der Waals surface area contributed by atoms with Crippen LogP contribution in [0.2, 0.25) is 0 Å². The molecule has 0 spiro atoms. The van der Waals surface area contributed by atoms with Crippen molar-refractivity contribution in [2.24, 2.45) is 5.73 Å². The van der Waals surface area contributed by atoms with E-state index >= 15 is 0 Å². The molecule has 0 aromatic rings. The second kappa shape index (κ2) is 44.1. The van der Waals surface area contributed by atoms with Crippen molar-refractivity contribution in [2.45, 2.75) is 232 Å². The van der Waals surface area contributed by atoms with Gasteiger partial charge in [0, 0.05) is 19.6 Å². The molecular formula is C46H90NO7P. The molecule has 0 amide bonds. The standard InChI is InChI=1S/C46H90NO7P/c1-3-5-7-9-11-13-15-16-17-18-19-20-21-22-23-24-25-26-27-28-29-31-33-35-37-39-46(48)54-45(44-53-55(49,50)52-42-40-47)43-51-41-38-36-34-32-30-14-12-10-8-6-4-2/h15-16,18-19,45H,3-14,17,20-44,47H2,1-2H3,(H,49,50)/b16-15-,19-18-. The molecule has 0 heterocycles. The fraction of sp³-hybridized carbons (Fsp3) is 0.891. The van der Waals surface area contributed by atoms with E-state index < -0.39 is 13.9 Å². The lowest BCUT2D eigenvalue weighted by atomic mass is 10.0. The number of carbonyl (C=O) groups excluding carboxylic acids is 1. The maximum absolute atomic E-state index is 12.6. The van der Waals surface area contributed by atoms with Crippen LogP contribution in [0.3, 0.4) is 0 Å². The van der Waals surface area contributed by atoms with Crippen LogP contribution in [0.25, 0.3) is 0 Å². The number of ether oxygens (including phenoxy) is 2. The van der Waals surface area contributed by atoms with E-state index in [2.05, 4.69) is 38.2 Å². The fourth-order valence-corrected chi connectivity index (χ4v) is 7.44. The van der Waals surface area contributed by atoms with Crippen LogP contribution in [-0.4, -0.2) is 49.9 Å². The summed E-state index contributed by atoms with van der Waals surface area (Å²) in [5, 5.41) is 0. The van der Waals surface area contributed by atoms with E-state index in [-0.39, 0.29) is 32.3 Å². The Morgan fingerprint density at radius 2 is 0.964 bits per heavy atom. The highest BCUT2D eigenvalue weighted by molar-refractivity contribution is 7.47. The van der Waals surface area contributed by atoms with Crippen LogP contribution in [0.4, 0.5) is 0 Å². The Morgan fingerprint density at radius 1 is 0.545 bits per heavy atom. The van der Waals surface area contributed by atoms with Crippen molar-refractivity contribution in [2.75, 3.05) is 33.0 Å². The molecular weight excluding hydrogens is 709 g/mol. The number of phosphoric acid groups is 1. The number of nitrogens with two attached hydrogens (primary N) is 1. The van der Waals surface area contributed by atoms with Gasteiger partial charge in [0.2, 0.25) is 0 Å². The van der Waals surface area contributed by atoms with Crippen LogP contribution < -0.4 is 5.73 Å². The Labute approximate surface area is 340 Å². The first-order valence-electron chi connectivity index (χ1n) is 23.3. The Bertz CT molecular complexity index is 900. The minimum absolute atomic E-state index is 0.0931. The molecule has 0 radical (unpaired) electrons. The minimum Gasteiger partial charge on any atom is -0.457 e. The summed E-state index contributed by atoms with van der Waals surface area (Å²) in [5.41, 5.74) is 5.37. The second-order valence-corrected chi connectivity index (χ2v) is 17.1. The lowest BCUT2D eigenvalue weighted by Gasteiger charge is -2.20. The van der Waals surface area contributed by atoms with E-state index in [1.54, 1.807) is 0 Å². The summed E-state index contributed by atoms with van der Waals surface area (Å²) in [4.78, 5) is 22.5. The number of unbranched alkanes of at least 4 members (excludes halogenated alkanes) is 28. The molecule has 2 atom stereocenters. The molecule has 326 valence electrons. The lowest BCUT2D eigenvalue weighted by Crippen LogP contribution is -2.28. The SMILES string of the molecule is CCCCCCC/C=C\C/C=C\CCCCCCCCCCCCCCCC(=O)OC(COCCCCCCCCCCCCC)COP(=O)(O)OCCN. The summed E-state index contributed by atoms with van der Waals surface area (Å²) in [6.45, 7) is 4.94. The third-order valence-electron chi connectivity index (χ3n) is 10.1. The fourth-order valence-electron chi connectivity index (χ4n) is 6.68. The predicted octanol–water partition coefficient (Wildman–Crippen LogP) is 14.0. The number of rotatable bonds is 45. The highest BCUT2D eigenvalue weighted by Gasteiger charge is 2.25. The molecule has 0 rings (SSSR count). The number of allylic oxidation sites excluding steroid dienone is 4. The smallest absolute Gasteiger partial charge is 0.457 e. The summed E-state index contributed by atoms with van der Waals surface area (Å²) in [6, 6.07) is 0. The molecule has 8 nitrogen and oxygen atoms in total. The average Bonchev–Trinajstić information content (AvgIpc) is 3.17. The van der Waals surface area contributed by atoms with Crippen molar-refractivity contribution < 1.29 is 32.8 Å². The Kier molecular flexibility index (Phi) is 43.3. The van der Waals surface area contributed by atoms with Gasteiger partial charge in [-0.1, -0.05) is 199 Å². The van der Waals surface area contributed by atoms with Gasteiger partial charge in [-0.05, 0) is 44.9 Å². The van der Waals surface area contributed by atoms with Gasteiger partial charge < -0.3 is 20.1 Å². The van der Waals surface area contributed by atoms with Gasteiger partial charge in [0.05, 0.1) is 19.8 Å². The van der Waals surface area contributed by atoms with Gasteiger partial charge in [0.1, 0.15) is 6.10 Å². The van der Waals surface area contributed by atoms with E-state index in [1.807, 2.05) is 0 Å². The first-order chi connectivity index (χ1) is 26.9. The maximum atomic E-state index is 12.6. The van der Waals surface area contributed by atoms with Gasteiger partial charge in [-0.2, -0.15) is 0 Å². The first kappa shape index (κ1) is 54.0. The number of hydrogen-bond acceptors (Lipinski definition) is 7. The number of hydrogen-bond donors (Lipinski definition) is 2. The van der Waals surface area contributed by atoms with Crippen molar-refractivity contribution in [1.29, 1.82) is 0 Å². The van der Waals surface area contributed by atoms with E-state index in [9.17, 15) is 14.3 Å². The molecule has 0 fully saturated rings. The second-order valence-electron chi connectivity index (χ2n) is 15.6. The highest BCUT2D eigenvalue weighted by Crippen LogP contribution is 2.43. The summed E-state index contributed by atoms with van der Waals surface area (Å²) in [5.74, 6) is -0.328. The van der Waals surface area contributed by atoms with E-state index in [0.717, 1.165) is 38.5 Å². The maximum Gasteiger partial charge on any atom is 0.472 e. The number of carbonyl (C=O) groups is 1. The molecule has 0 aliphatic carbocycles. The molecule has 0 aromatic carbocycles. The van der Waals surface area contributed by atoms with Crippen molar-refractivity contribution in [1.82, 2.24) is 0 Å². The predicted molar refractivity (Wildman–Crippen MR) is 233 cm³/mol. The Balaban J connectivity index is 3.88. The summed E-state index contributed by atoms with van der Waals surface area (Å²) >= 11 is 0. The van der Waals surface area contributed by atoms with E-state index in [4.69, 9.17) is 24.3 Å². The molecule has 0 aromatic heterocycles. The van der Waals surface area contributed by atoms with Gasteiger partial charge in [-0.3, -0.25) is 13.8 Å². The molecule has 9 heteroatoms. The number of esters is 1. The molecule has 55 heavy (non-hydrogen) atoms. The van der Waals surface area contributed by atoms with Crippen molar-refractivity contribution in [3.05, 3.63) is 24.3 Å². The van der Waals surface area contributed by atoms with Gasteiger partial charge >= 0.3 is 13.8 Å². The molecule has 0 aliphatic rings. The normalized spacial score (nSPS) is 13.6. The first-order valence-corrected chi connectivity index (χ1v) is 24.8. The number of phosphoric ester groups is 1. The molecule has 3 N–H and O–H groups in total. The van der Waals surface area contributed by atoms with Gasteiger partial charge in [0.25, 0.3) is 0 Å². The molecule has 0 aliphatic heterocycles. The third-order valence-corrected chi connectivity index (χ3v) is 11.1. The van der Waals surface area contributed by atoms with Gasteiger partial charge in [-0.15, -0.1) is 0 Å². The van der Waals surface area contributed by atoms with E-state index in [1.165, 1.54) is 167 Å². The molecule has 2 unspecified atom stereocenters.